The van der Waals surface area contributed by atoms with Crippen LogP contribution in [-0.4, -0.2) is 50.8 Å². The third-order valence-electron chi connectivity index (χ3n) is 6.02. The highest BCUT2D eigenvalue weighted by molar-refractivity contribution is 14.0. The number of nitrogens with one attached hydrogen (secondary N) is 1. The minimum absolute atomic E-state index is 0. The van der Waals surface area contributed by atoms with Gasteiger partial charge in [0.05, 0.1) is 6.61 Å². The zero-order valence-electron chi connectivity index (χ0n) is 14.8. The smallest absolute Gasteiger partial charge is 0.193 e. The SMILES string of the molecule is CN=C(NCC1(c2ccccc2F)CC1)N1CCC2(CCOC2)C1.I. The van der Waals surface area contributed by atoms with Crippen LogP contribution >= 0.6 is 24.0 Å². The maximum Gasteiger partial charge on any atom is 0.193 e. The van der Waals surface area contributed by atoms with Gasteiger partial charge in [-0.3, -0.25) is 4.99 Å². The number of hydrogen-bond donors (Lipinski definition) is 1. The van der Waals surface area contributed by atoms with Crippen molar-refractivity contribution in [2.75, 3.05) is 39.9 Å². The van der Waals surface area contributed by atoms with Crippen LogP contribution in [0.15, 0.2) is 29.3 Å². The molecule has 3 fully saturated rings. The van der Waals surface area contributed by atoms with Crippen molar-refractivity contribution >= 4 is 29.9 Å². The van der Waals surface area contributed by atoms with Gasteiger partial charge >= 0.3 is 0 Å². The van der Waals surface area contributed by atoms with E-state index >= 15 is 0 Å². The summed E-state index contributed by atoms with van der Waals surface area (Å²) >= 11 is 0. The van der Waals surface area contributed by atoms with E-state index < -0.39 is 0 Å². The average Bonchev–Trinajstić information content (AvgIpc) is 3.05. The largest absolute Gasteiger partial charge is 0.381 e. The molecule has 1 aliphatic carbocycles. The molecule has 1 spiro atoms. The lowest BCUT2D eigenvalue weighted by Gasteiger charge is -2.26. The van der Waals surface area contributed by atoms with Crippen molar-refractivity contribution in [3.63, 3.8) is 0 Å². The fourth-order valence-corrected chi connectivity index (χ4v) is 4.25. The number of ether oxygens (including phenoxy) is 1. The Kier molecular flexibility index (Phi) is 5.58. The van der Waals surface area contributed by atoms with Gasteiger partial charge in [-0.1, -0.05) is 18.2 Å². The van der Waals surface area contributed by atoms with E-state index in [2.05, 4.69) is 15.2 Å². The van der Waals surface area contributed by atoms with Gasteiger partial charge in [0.2, 0.25) is 0 Å². The highest BCUT2D eigenvalue weighted by Crippen LogP contribution is 2.48. The van der Waals surface area contributed by atoms with Gasteiger partial charge in [-0.2, -0.15) is 0 Å². The van der Waals surface area contributed by atoms with Gasteiger partial charge in [0.15, 0.2) is 5.96 Å². The van der Waals surface area contributed by atoms with E-state index in [4.69, 9.17) is 4.74 Å². The van der Waals surface area contributed by atoms with E-state index in [0.717, 1.165) is 63.6 Å². The summed E-state index contributed by atoms with van der Waals surface area (Å²) in [5.41, 5.74) is 1.10. The van der Waals surface area contributed by atoms with Crippen molar-refractivity contribution in [2.45, 2.75) is 31.1 Å². The quantitative estimate of drug-likeness (QED) is 0.429. The molecule has 3 aliphatic rings. The molecule has 0 aromatic heterocycles. The molecular formula is C19H27FIN3O. The van der Waals surface area contributed by atoms with E-state index in [9.17, 15) is 4.39 Å². The first-order valence-corrected chi connectivity index (χ1v) is 8.95. The van der Waals surface area contributed by atoms with E-state index in [1.54, 1.807) is 12.1 Å². The summed E-state index contributed by atoms with van der Waals surface area (Å²) in [5, 5.41) is 3.51. The van der Waals surface area contributed by atoms with Gasteiger partial charge in [-0.05, 0) is 37.3 Å². The fraction of sp³-hybridized carbons (Fsp3) is 0.632. The van der Waals surface area contributed by atoms with Crippen molar-refractivity contribution in [2.24, 2.45) is 10.4 Å². The van der Waals surface area contributed by atoms with Crippen molar-refractivity contribution in [3.8, 4) is 0 Å². The number of halogens is 2. The molecule has 1 atom stereocenters. The lowest BCUT2D eigenvalue weighted by Crippen LogP contribution is -2.44. The lowest BCUT2D eigenvalue weighted by atomic mass is 9.87. The maximum atomic E-state index is 14.2. The van der Waals surface area contributed by atoms with Gasteiger partial charge < -0.3 is 15.0 Å². The molecule has 4 nitrogen and oxygen atoms in total. The second kappa shape index (κ2) is 7.39. The number of likely N-dealkylation sites (tertiary alicyclic amines) is 1. The molecule has 4 rings (SSSR count). The summed E-state index contributed by atoms with van der Waals surface area (Å²) < 4.78 is 19.8. The summed E-state index contributed by atoms with van der Waals surface area (Å²) in [7, 11) is 1.83. The molecule has 1 N–H and O–H groups in total. The summed E-state index contributed by atoms with van der Waals surface area (Å²) in [6.45, 7) is 4.55. The lowest BCUT2D eigenvalue weighted by molar-refractivity contribution is 0.156. The van der Waals surface area contributed by atoms with Gasteiger partial charge in [0.25, 0.3) is 0 Å². The van der Waals surface area contributed by atoms with Crippen molar-refractivity contribution in [3.05, 3.63) is 35.6 Å². The summed E-state index contributed by atoms with van der Waals surface area (Å²) in [6, 6.07) is 7.17. The summed E-state index contributed by atoms with van der Waals surface area (Å²) in [6.07, 6.45) is 4.40. The maximum absolute atomic E-state index is 14.2. The highest BCUT2D eigenvalue weighted by atomic mass is 127. The van der Waals surface area contributed by atoms with E-state index in [-0.39, 0.29) is 35.2 Å². The molecule has 2 aliphatic heterocycles. The fourth-order valence-electron chi connectivity index (χ4n) is 4.25. The minimum atomic E-state index is -0.0879. The number of hydrogen-bond acceptors (Lipinski definition) is 2. The van der Waals surface area contributed by atoms with Crippen LogP contribution in [0.25, 0.3) is 0 Å². The van der Waals surface area contributed by atoms with Crippen LogP contribution in [0.4, 0.5) is 4.39 Å². The third kappa shape index (κ3) is 3.65. The zero-order valence-corrected chi connectivity index (χ0v) is 17.1. The van der Waals surface area contributed by atoms with Crippen LogP contribution in [0.2, 0.25) is 0 Å². The highest BCUT2D eigenvalue weighted by Gasteiger charge is 2.47. The normalized spacial score (nSPS) is 27.4. The number of aliphatic imine (C=N–C) groups is 1. The van der Waals surface area contributed by atoms with Gasteiger partial charge in [-0.25, -0.2) is 4.39 Å². The van der Waals surface area contributed by atoms with Crippen LogP contribution in [-0.2, 0) is 10.2 Å². The zero-order chi connectivity index (χ0) is 16.6. The van der Waals surface area contributed by atoms with E-state index in [1.165, 1.54) is 6.42 Å². The Bertz CT molecular complexity index is 641. The number of guanidine groups is 1. The Morgan fingerprint density at radius 1 is 1.28 bits per heavy atom. The molecule has 1 aromatic carbocycles. The van der Waals surface area contributed by atoms with Crippen molar-refractivity contribution in [1.82, 2.24) is 10.2 Å². The number of rotatable bonds is 3. The predicted molar refractivity (Wildman–Crippen MR) is 108 cm³/mol. The molecule has 0 radical (unpaired) electrons. The summed E-state index contributed by atoms with van der Waals surface area (Å²) in [4.78, 5) is 6.81. The molecule has 1 saturated carbocycles. The Morgan fingerprint density at radius 3 is 2.72 bits per heavy atom. The molecule has 0 bridgehead atoms. The Labute approximate surface area is 166 Å². The molecule has 6 heteroatoms. The second-order valence-electron chi connectivity index (χ2n) is 7.64. The summed E-state index contributed by atoms with van der Waals surface area (Å²) in [5.74, 6) is 0.858. The van der Waals surface area contributed by atoms with Crippen LogP contribution in [0, 0.1) is 11.2 Å². The molecular weight excluding hydrogens is 432 g/mol. The molecule has 25 heavy (non-hydrogen) atoms. The van der Waals surface area contributed by atoms with Crippen molar-refractivity contribution in [1.29, 1.82) is 0 Å². The van der Waals surface area contributed by atoms with Crippen LogP contribution < -0.4 is 5.32 Å². The Hall–Kier alpha value is -0.890. The van der Waals surface area contributed by atoms with Gasteiger partial charge in [0.1, 0.15) is 5.82 Å². The topological polar surface area (TPSA) is 36.9 Å². The minimum Gasteiger partial charge on any atom is -0.381 e. The van der Waals surface area contributed by atoms with Crippen LogP contribution in [0.5, 0.6) is 0 Å². The average molecular weight is 459 g/mol. The molecule has 0 amide bonds. The first-order valence-electron chi connectivity index (χ1n) is 8.95. The first kappa shape index (κ1) is 18.9. The predicted octanol–water partition coefficient (Wildman–Crippen LogP) is 3.16. The van der Waals surface area contributed by atoms with Crippen LogP contribution in [0.3, 0.4) is 0 Å². The van der Waals surface area contributed by atoms with Gasteiger partial charge in [-0.15, -0.1) is 24.0 Å². The number of nitrogens with zero attached hydrogens (tertiary/aromatic N) is 2. The third-order valence-corrected chi connectivity index (χ3v) is 6.02. The van der Waals surface area contributed by atoms with Crippen LogP contribution in [0.1, 0.15) is 31.2 Å². The molecule has 1 aromatic rings. The molecule has 1 unspecified atom stereocenters. The molecule has 2 saturated heterocycles. The first-order chi connectivity index (χ1) is 11.7. The molecule has 2 heterocycles. The van der Waals surface area contributed by atoms with E-state index in [0.29, 0.717) is 5.41 Å². The van der Waals surface area contributed by atoms with E-state index in [1.807, 2.05) is 19.2 Å². The standard InChI is InChI=1S/C19H26FN3O.HI/c1-21-17(23-10-8-18(13-23)9-11-24-14-18)22-12-19(6-7-19)15-4-2-3-5-16(15)20;/h2-5H,6-14H2,1H3,(H,21,22);1H. The second-order valence-corrected chi connectivity index (χ2v) is 7.64. The number of benzene rings is 1. The monoisotopic (exact) mass is 459 g/mol. The van der Waals surface area contributed by atoms with Gasteiger partial charge in [0, 0.05) is 44.1 Å². The molecule has 138 valence electrons. The Morgan fingerprint density at radius 2 is 2.08 bits per heavy atom. The Balaban J connectivity index is 0.00000182. The van der Waals surface area contributed by atoms with Crippen molar-refractivity contribution < 1.29 is 9.13 Å².